The van der Waals surface area contributed by atoms with Crippen LogP contribution in [0.5, 0.6) is 0 Å². The first kappa shape index (κ1) is 25.6. The molecule has 4 fully saturated rings. The minimum absolute atomic E-state index is 0.454. The van der Waals surface area contributed by atoms with Crippen LogP contribution in [0.15, 0.2) is 42.5 Å². The Morgan fingerprint density at radius 3 is 2.73 bits per heavy atom. The smallest absolute Gasteiger partial charge is 0.0204 e. The van der Waals surface area contributed by atoms with Gasteiger partial charge in [-0.25, -0.2) is 0 Å². The largest absolute Gasteiger partial charge is 0.316 e. The summed E-state index contributed by atoms with van der Waals surface area (Å²) in [5, 5.41) is 3.53. The highest BCUT2D eigenvalue weighted by Gasteiger charge is 2.54. The molecule has 0 spiro atoms. The average Bonchev–Trinajstić information content (AvgIpc) is 3.49. The number of fused-ring (bicyclic) bond motifs is 4. The van der Waals surface area contributed by atoms with E-state index in [0.717, 1.165) is 29.7 Å². The molecule has 0 aromatic heterocycles. The molecule has 0 bridgehead atoms. The maximum atomic E-state index is 4.13. The van der Waals surface area contributed by atoms with Crippen molar-refractivity contribution in [3.05, 3.63) is 59.2 Å². The van der Waals surface area contributed by atoms with Gasteiger partial charge in [0.05, 0.1) is 0 Å². The fraction of sp³-hybridized carbons (Fsp3) is 0.657. The van der Waals surface area contributed by atoms with Gasteiger partial charge in [-0.3, -0.25) is 4.90 Å². The second kappa shape index (κ2) is 10.5. The Balaban J connectivity index is 1.18. The van der Waals surface area contributed by atoms with E-state index < -0.39 is 0 Å². The van der Waals surface area contributed by atoms with E-state index >= 15 is 0 Å². The SMILES string of the molecule is C=Cc1cc(C2CCC3C4CCC5C[C@H](N6CCC(NC)C6)CCC5=CC4CCC23C)ccc1/C=C\C. The van der Waals surface area contributed by atoms with Gasteiger partial charge in [-0.15, -0.1) is 0 Å². The van der Waals surface area contributed by atoms with Crippen LogP contribution in [-0.4, -0.2) is 37.1 Å². The number of nitrogens with zero attached hydrogens (tertiary/aromatic N) is 1. The van der Waals surface area contributed by atoms with Gasteiger partial charge in [0.2, 0.25) is 0 Å². The molecule has 1 aliphatic heterocycles. The quantitative estimate of drug-likeness (QED) is 0.413. The van der Waals surface area contributed by atoms with Gasteiger partial charge in [-0.1, -0.05) is 61.6 Å². The summed E-state index contributed by atoms with van der Waals surface area (Å²) in [6.07, 6.45) is 23.3. The predicted octanol–water partition coefficient (Wildman–Crippen LogP) is 8.07. The van der Waals surface area contributed by atoms with Crippen molar-refractivity contribution in [2.45, 2.75) is 96.1 Å². The van der Waals surface area contributed by atoms with Crippen LogP contribution in [0.2, 0.25) is 0 Å². The number of allylic oxidation sites excluding steroid dienone is 3. The second-order valence-corrected chi connectivity index (χ2v) is 13.4. The Hall–Kier alpha value is -1.64. The number of benzene rings is 1. The molecule has 0 amide bonds. The van der Waals surface area contributed by atoms with Crippen molar-refractivity contribution in [1.29, 1.82) is 0 Å². The molecule has 3 saturated carbocycles. The third kappa shape index (κ3) is 4.61. The van der Waals surface area contributed by atoms with Gasteiger partial charge >= 0.3 is 0 Å². The zero-order valence-electron chi connectivity index (χ0n) is 23.7. The molecule has 8 atom stereocenters. The number of hydrogen-bond acceptors (Lipinski definition) is 2. The van der Waals surface area contributed by atoms with Crippen molar-refractivity contribution >= 4 is 12.2 Å². The highest BCUT2D eigenvalue weighted by Crippen LogP contribution is 2.64. The van der Waals surface area contributed by atoms with Crippen molar-refractivity contribution in [3.63, 3.8) is 0 Å². The Labute approximate surface area is 226 Å². The van der Waals surface area contributed by atoms with Crippen LogP contribution < -0.4 is 5.32 Å². The van der Waals surface area contributed by atoms with Crippen LogP contribution >= 0.6 is 0 Å². The summed E-state index contributed by atoms with van der Waals surface area (Å²) >= 11 is 0. The van der Waals surface area contributed by atoms with E-state index in [1.54, 1.807) is 5.56 Å². The Bertz CT molecular complexity index is 1050. The van der Waals surface area contributed by atoms with Crippen LogP contribution in [0.25, 0.3) is 12.2 Å². The molecule has 7 unspecified atom stereocenters. The molecule has 1 aromatic carbocycles. The lowest BCUT2D eigenvalue weighted by Gasteiger charge is -2.48. The Morgan fingerprint density at radius 2 is 1.95 bits per heavy atom. The van der Waals surface area contributed by atoms with E-state index in [1.807, 2.05) is 5.57 Å². The third-order valence-corrected chi connectivity index (χ3v) is 11.8. The number of rotatable bonds is 5. The molecule has 1 aromatic rings. The summed E-state index contributed by atoms with van der Waals surface area (Å²) < 4.78 is 0. The molecule has 1 N–H and O–H groups in total. The molecule has 5 aliphatic rings. The van der Waals surface area contributed by atoms with E-state index in [4.69, 9.17) is 0 Å². The van der Waals surface area contributed by atoms with Crippen molar-refractivity contribution < 1.29 is 0 Å². The monoisotopic (exact) mass is 498 g/mol. The van der Waals surface area contributed by atoms with Gasteiger partial charge in [0, 0.05) is 25.2 Å². The van der Waals surface area contributed by atoms with Crippen molar-refractivity contribution in [2.75, 3.05) is 20.1 Å². The van der Waals surface area contributed by atoms with Crippen LogP contribution in [0.3, 0.4) is 0 Å². The fourth-order valence-corrected chi connectivity index (χ4v) is 9.82. The first-order chi connectivity index (χ1) is 18.0. The molecule has 6 rings (SSSR count). The van der Waals surface area contributed by atoms with Gasteiger partial charge in [-0.2, -0.15) is 0 Å². The fourth-order valence-electron chi connectivity index (χ4n) is 9.82. The molecular weight excluding hydrogens is 448 g/mol. The molecule has 1 heterocycles. The highest BCUT2D eigenvalue weighted by atomic mass is 15.2. The minimum atomic E-state index is 0.454. The molecule has 2 nitrogen and oxygen atoms in total. The normalized spacial score (nSPS) is 40.1. The van der Waals surface area contributed by atoms with E-state index in [9.17, 15) is 0 Å². The zero-order chi connectivity index (χ0) is 25.6. The van der Waals surface area contributed by atoms with E-state index in [1.165, 1.54) is 88.4 Å². The molecule has 4 aliphatic carbocycles. The Kier molecular flexibility index (Phi) is 7.27. The number of nitrogens with one attached hydrogen (secondary N) is 1. The van der Waals surface area contributed by atoms with Gasteiger partial charge in [0.25, 0.3) is 0 Å². The molecular formula is C35H50N2. The van der Waals surface area contributed by atoms with E-state index in [2.05, 4.69) is 80.2 Å². The van der Waals surface area contributed by atoms with Crippen molar-refractivity contribution in [3.8, 4) is 0 Å². The molecule has 0 radical (unpaired) electrons. The van der Waals surface area contributed by atoms with Crippen LogP contribution in [0.1, 0.15) is 101 Å². The van der Waals surface area contributed by atoms with Crippen LogP contribution in [0, 0.1) is 29.1 Å². The number of hydrogen-bond donors (Lipinski definition) is 1. The van der Waals surface area contributed by atoms with Crippen LogP contribution in [0.4, 0.5) is 0 Å². The lowest BCUT2D eigenvalue weighted by Crippen LogP contribution is -2.40. The maximum absolute atomic E-state index is 4.13. The lowest BCUT2D eigenvalue weighted by atomic mass is 9.56. The summed E-state index contributed by atoms with van der Waals surface area (Å²) in [5.74, 6) is 4.20. The first-order valence-electron chi connectivity index (χ1n) is 15.5. The molecule has 37 heavy (non-hydrogen) atoms. The maximum Gasteiger partial charge on any atom is 0.0204 e. The number of likely N-dealkylation sites (tertiary alicyclic amines) is 1. The topological polar surface area (TPSA) is 15.3 Å². The molecule has 200 valence electrons. The van der Waals surface area contributed by atoms with Gasteiger partial charge < -0.3 is 5.32 Å². The lowest BCUT2D eigenvalue weighted by molar-refractivity contribution is 0.0414. The molecule has 1 saturated heterocycles. The summed E-state index contributed by atoms with van der Waals surface area (Å²) in [4.78, 5) is 2.83. The van der Waals surface area contributed by atoms with Gasteiger partial charge in [-0.05, 0) is 130 Å². The van der Waals surface area contributed by atoms with Gasteiger partial charge in [0.1, 0.15) is 0 Å². The van der Waals surface area contributed by atoms with Crippen molar-refractivity contribution in [1.82, 2.24) is 10.2 Å². The van der Waals surface area contributed by atoms with E-state index in [0.29, 0.717) is 17.4 Å². The summed E-state index contributed by atoms with van der Waals surface area (Å²) in [6.45, 7) is 11.5. The highest BCUT2D eigenvalue weighted by molar-refractivity contribution is 5.65. The predicted molar refractivity (Wildman–Crippen MR) is 159 cm³/mol. The van der Waals surface area contributed by atoms with Gasteiger partial charge in [0.15, 0.2) is 0 Å². The van der Waals surface area contributed by atoms with Crippen LogP contribution in [-0.2, 0) is 0 Å². The minimum Gasteiger partial charge on any atom is -0.316 e. The summed E-state index contributed by atoms with van der Waals surface area (Å²) in [5.41, 5.74) is 6.49. The second-order valence-electron chi connectivity index (χ2n) is 13.4. The average molecular weight is 499 g/mol. The van der Waals surface area contributed by atoms with Crippen molar-refractivity contribution in [2.24, 2.45) is 29.1 Å². The molecule has 2 heteroatoms. The first-order valence-corrected chi connectivity index (χ1v) is 15.5. The zero-order valence-corrected chi connectivity index (χ0v) is 23.7. The third-order valence-electron chi connectivity index (χ3n) is 11.8. The van der Waals surface area contributed by atoms with E-state index in [-0.39, 0.29) is 0 Å². The summed E-state index contributed by atoms with van der Waals surface area (Å²) in [7, 11) is 2.14. The standard InChI is InChI=1S/C35H50N2/c1-5-7-25-8-9-29(20-24(25)6-2)33-14-15-34-32-13-11-27-22-31(37-19-17-30(23-37)36-4)12-10-26(27)21-28(32)16-18-35(33,34)3/h5-9,20-21,27-28,30-34,36H,2,10-19,22-23H2,1,3-4H3/b7-5-/t27?,28?,30?,31-,32?,33?,34?,35?/m1/s1. The Morgan fingerprint density at radius 1 is 1.05 bits per heavy atom. The summed E-state index contributed by atoms with van der Waals surface area (Å²) in [6, 6.07) is 8.78. The number of likely N-dealkylation sites (N-methyl/N-ethyl adjacent to an activating group) is 1.